The van der Waals surface area contributed by atoms with Crippen LogP contribution in [0.4, 0.5) is 0 Å². The SMILES string of the molecule is CCCn1cncc1CNCC1(CCOC)CC1. The van der Waals surface area contributed by atoms with Gasteiger partial charge in [0.25, 0.3) is 0 Å². The molecule has 0 amide bonds. The zero-order chi connectivity index (χ0) is 12.8. The second-order valence-electron chi connectivity index (χ2n) is 5.42. The van der Waals surface area contributed by atoms with Gasteiger partial charge in [-0.2, -0.15) is 0 Å². The molecule has 0 saturated heterocycles. The number of nitrogens with zero attached hydrogens (tertiary/aromatic N) is 2. The van der Waals surface area contributed by atoms with Gasteiger partial charge in [-0.05, 0) is 31.1 Å². The van der Waals surface area contributed by atoms with Gasteiger partial charge in [0.05, 0.1) is 12.0 Å². The molecule has 1 aliphatic carbocycles. The molecule has 0 bridgehead atoms. The number of methoxy groups -OCH3 is 1. The molecular formula is C14H25N3O. The molecule has 1 aromatic rings. The third-order valence-corrected chi connectivity index (χ3v) is 3.86. The number of hydrogen-bond acceptors (Lipinski definition) is 3. The largest absolute Gasteiger partial charge is 0.385 e. The molecule has 0 aliphatic heterocycles. The Morgan fingerprint density at radius 1 is 1.50 bits per heavy atom. The Balaban J connectivity index is 1.73. The lowest BCUT2D eigenvalue weighted by Crippen LogP contribution is -2.25. The number of aryl methyl sites for hydroxylation is 1. The molecule has 0 radical (unpaired) electrons. The van der Waals surface area contributed by atoms with Gasteiger partial charge in [-0.15, -0.1) is 0 Å². The van der Waals surface area contributed by atoms with Gasteiger partial charge in [-0.1, -0.05) is 6.92 Å². The lowest BCUT2D eigenvalue weighted by molar-refractivity contribution is 0.171. The number of rotatable bonds is 9. The molecule has 4 nitrogen and oxygen atoms in total. The lowest BCUT2D eigenvalue weighted by Gasteiger charge is -2.16. The van der Waals surface area contributed by atoms with Crippen LogP contribution in [-0.4, -0.2) is 29.8 Å². The molecule has 1 fully saturated rings. The molecule has 2 rings (SSSR count). The van der Waals surface area contributed by atoms with Crippen molar-refractivity contribution in [2.45, 2.75) is 45.7 Å². The summed E-state index contributed by atoms with van der Waals surface area (Å²) in [6, 6.07) is 0. The molecule has 1 aromatic heterocycles. The van der Waals surface area contributed by atoms with Gasteiger partial charge >= 0.3 is 0 Å². The normalized spacial score (nSPS) is 17.0. The zero-order valence-electron chi connectivity index (χ0n) is 11.6. The van der Waals surface area contributed by atoms with Crippen LogP contribution in [0.3, 0.4) is 0 Å². The third kappa shape index (κ3) is 3.56. The lowest BCUT2D eigenvalue weighted by atomic mass is 10.0. The number of ether oxygens (including phenoxy) is 1. The van der Waals surface area contributed by atoms with Crippen LogP contribution in [0.15, 0.2) is 12.5 Å². The first-order valence-corrected chi connectivity index (χ1v) is 6.98. The van der Waals surface area contributed by atoms with Gasteiger partial charge in [0.15, 0.2) is 0 Å². The highest BCUT2D eigenvalue weighted by molar-refractivity contribution is 5.00. The van der Waals surface area contributed by atoms with E-state index in [9.17, 15) is 0 Å². The Morgan fingerprint density at radius 3 is 3.00 bits per heavy atom. The van der Waals surface area contributed by atoms with Gasteiger partial charge in [-0.25, -0.2) is 4.98 Å². The molecule has 1 N–H and O–H groups in total. The van der Waals surface area contributed by atoms with Crippen LogP contribution < -0.4 is 5.32 Å². The first-order chi connectivity index (χ1) is 8.79. The van der Waals surface area contributed by atoms with E-state index in [1.807, 2.05) is 12.5 Å². The molecule has 1 saturated carbocycles. The van der Waals surface area contributed by atoms with Crippen LogP contribution in [0, 0.1) is 5.41 Å². The second-order valence-corrected chi connectivity index (χ2v) is 5.42. The second kappa shape index (κ2) is 6.34. The molecule has 102 valence electrons. The molecule has 0 unspecified atom stereocenters. The maximum atomic E-state index is 5.18. The van der Waals surface area contributed by atoms with E-state index in [0.717, 1.165) is 32.7 Å². The summed E-state index contributed by atoms with van der Waals surface area (Å²) in [5.74, 6) is 0. The van der Waals surface area contributed by atoms with E-state index < -0.39 is 0 Å². The molecule has 1 heterocycles. The van der Waals surface area contributed by atoms with Crippen molar-refractivity contribution < 1.29 is 4.74 Å². The maximum Gasteiger partial charge on any atom is 0.0948 e. The third-order valence-electron chi connectivity index (χ3n) is 3.86. The maximum absolute atomic E-state index is 5.18. The minimum absolute atomic E-state index is 0.519. The Labute approximate surface area is 110 Å². The summed E-state index contributed by atoms with van der Waals surface area (Å²) in [5.41, 5.74) is 1.81. The Hall–Kier alpha value is -0.870. The van der Waals surface area contributed by atoms with Crippen LogP contribution in [0.2, 0.25) is 0 Å². The summed E-state index contributed by atoms with van der Waals surface area (Å²) in [5, 5.41) is 3.58. The van der Waals surface area contributed by atoms with Crippen molar-refractivity contribution in [3.8, 4) is 0 Å². The van der Waals surface area contributed by atoms with Crippen LogP contribution in [0.5, 0.6) is 0 Å². The monoisotopic (exact) mass is 251 g/mol. The van der Waals surface area contributed by atoms with E-state index in [-0.39, 0.29) is 0 Å². The predicted octanol–water partition coefficient (Wildman–Crippen LogP) is 2.20. The minimum Gasteiger partial charge on any atom is -0.385 e. The first-order valence-electron chi connectivity index (χ1n) is 6.98. The van der Waals surface area contributed by atoms with Crippen LogP contribution >= 0.6 is 0 Å². The molecule has 4 heteroatoms. The van der Waals surface area contributed by atoms with Crippen molar-refractivity contribution in [3.05, 3.63) is 18.2 Å². The summed E-state index contributed by atoms with van der Waals surface area (Å²) in [7, 11) is 1.78. The Morgan fingerprint density at radius 2 is 2.33 bits per heavy atom. The van der Waals surface area contributed by atoms with Crippen molar-refractivity contribution in [1.82, 2.24) is 14.9 Å². The van der Waals surface area contributed by atoms with Crippen molar-refractivity contribution in [1.29, 1.82) is 0 Å². The standard InChI is InChI=1S/C14H25N3O/c1-3-7-17-12-16-10-13(17)9-15-11-14(4-5-14)6-8-18-2/h10,12,15H,3-9,11H2,1-2H3. The number of imidazole rings is 1. The van der Waals surface area contributed by atoms with E-state index in [1.54, 1.807) is 7.11 Å². The van der Waals surface area contributed by atoms with Crippen molar-refractivity contribution in [2.24, 2.45) is 5.41 Å². The topological polar surface area (TPSA) is 39.1 Å². The Kier molecular flexibility index (Phi) is 4.78. The van der Waals surface area contributed by atoms with Crippen molar-refractivity contribution in [2.75, 3.05) is 20.3 Å². The van der Waals surface area contributed by atoms with Gasteiger partial charge in [0, 0.05) is 39.5 Å². The van der Waals surface area contributed by atoms with Gasteiger partial charge in [0.1, 0.15) is 0 Å². The molecular weight excluding hydrogens is 226 g/mol. The van der Waals surface area contributed by atoms with E-state index in [1.165, 1.54) is 25.0 Å². The fourth-order valence-corrected chi connectivity index (χ4v) is 2.40. The van der Waals surface area contributed by atoms with E-state index in [2.05, 4.69) is 21.8 Å². The summed E-state index contributed by atoms with van der Waals surface area (Å²) in [6.07, 6.45) is 8.93. The molecule has 0 atom stereocenters. The number of hydrogen-bond donors (Lipinski definition) is 1. The van der Waals surface area contributed by atoms with Crippen molar-refractivity contribution >= 4 is 0 Å². The smallest absolute Gasteiger partial charge is 0.0948 e. The Bertz CT molecular complexity index is 358. The highest BCUT2D eigenvalue weighted by atomic mass is 16.5. The summed E-state index contributed by atoms with van der Waals surface area (Å²) in [4.78, 5) is 4.22. The average molecular weight is 251 g/mol. The van der Waals surface area contributed by atoms with E-state index >= 15 is 0 Å². The summed E-state index contributed by atoms with van der Waals surface area (Å²) >= 11 is 0. The zero-order valence-corrected chi connectivity index (χ0v) is 11.6. The molecule has 18 heavy (non-hydrogen) atoms. The van der Waals surface area contributed by atoms with Crippen LogP contribution in [-0.2, 0) is 17.8 Å². The highest BCUT2D eigenvalue weighted by Crippen LogP contribution is 2.48. The fourth-order valence-electron chi connectivity index (χ4n) is 2.40. The van der Waals surface area contributed by atoms with Gasteiger partial charge in [0.2, 0.25) is 0 Å². The van der Waals surface area contributed by atoms with Gasteiger partial charge < -0.3 is 14.6 Å². The van der Waals surface area contributed by atoms with Crippen LogP contribution in [0.25, 0.3) is 0 Å². The predicted molar refractivity (Wildman–Crippen MR) is 72.4 cm³/mol. The van der Waals surface area contributed by atoms with E-state index in [0.29, 0.717) is 5.41 Å². The minimum atomic E-state index is 0.519. The number of nitrogens with one attached hydrogen (secondary N) is 1. The highest BCUT2D eigenvalue weighted by Gasteiger charge is 2.41. The van der Waals surface area contributed by atoms with Gasteiger partial charge in [-0.3, -0.25) is 0 Å². The first kappa shape index (κ1) is 13.6. The summed E-state index contributed by atoms with van der Waals surface area (Å²) in [6.45, 7) is 6.17. The fraction of sp³-hybridized carbons (Fsp3) is 0.786. The quantitative estimate of drug-likeness (QED) is 0.731. The van der Waals surface area contributed by atoms with Crippen molar-refractivity contribution in [3.63, 3.8) is 0 Å². The molecule has 0 aromatic carbocycles. The average Bonchev–Trinajstić information content (AvgIpc) is 3.01. The molecule has 0 spiro atoms. The summed E-state index contributed by atoms with van der Waals surface area (Å²) < 4.78 is 7.42. The number of aromatic nitrogens is 2. The van der Waals surface area contributed by atoms with Crippen LogP contribution in [0.1, 0.15) is 38.3 Å². The van der Waals surface area contributed by atoms with E-state index in [4.69, 9.17) is 4.74 Å². The molecule has 1 aliphatic rings.